The number of ether oxygens (including phenoxy) is 2. The third kappa shape index (κ3) is 4.57. The highest BCUT2D eigenvalue weighted by molar-refractivity contribution is 5.89. The normalized spacial score (nSPS) is 16.6. The quantitative estimate of drug-likeness (QED) is 0.634. The molecule has 1 saturated heterocycles. The fraction of sp³-hybridized carbons (Fsp3) is 0.391. The molecule has 9 nitrogen and oxygen atoms in total. The zero-order valence-corrected chi connectivity index (χ0v) is 18.3. The maximum atomic E-state index is 11.9. The Balaban J connectivity index is 1.32. The highest BCUT2D eigenvalue weighted by atomic mass is 16.6. The number of fused-ring (bicyclic) bond motifs is 1. The third-order valence-corrected chi connectivity index (χ3v) is 5.63. The van der Waals surface area contributed by atoms with Gasteiger partial charge in [0.2, 0.25) is 11.9 Å². The van der Waals surface area contributed by atoms with E-state index in [1.807, 2.05) is 38.1 Å². The summed E-state index contributed by atoms with van der Waals surface area (Å²) in [5.41, 5.74) is 2.93. The van der Waals surface area contributed by atoms with Crippen molar-refractivity contribution in [2.45, 2.75) is 39.2 Å². The summed E-state index contributed by atoms with van der Waals surface area (Å²) in [7, 11) is 0. The van der Waals surface area contributed by atoms with E-state index in [9.17, 15) is 9.59 Å². The van der Waals surface area contributed by atoms with Gasteiger partial charge >= 0.3 is 6.09 Å². The Kier molecular flexibility index (Phi) is 6.36. The minimum Gasteiger partial charge on any atom is -0.444 e. The van der Waals surface area contributed by atoms with E-state index in [4.69, 9.17) is 9.47 Å². The smallest absolute Gasteiger partial charge is 0.415 e. The van der Waals surface area contributed by atoms with Gasteiger partial charge in [0.05, 0.1) is 24.3 Å². The van der Waals surface area contributed by atoms with E-state index >= 15 is 0 Å². The molecule has 1 N–H and O–H groups in total. The molecule has 2 aliphatic heterocycles. The van der Waals surface area contributed by atoms with E-state index in [1.54, 1.807) is 11.1 Å². The predicted octanol–water partition coefficient (Wildman–Crippen LogP) is 3.04. The Morgan fingerprint density at radius 1 is 1.38 bits per heavy atom. The fourth-order valence-corrected chi connectivity index (χ4v) is 3.63. The first kappa shape index (κ1) is 21.8. The average Bonchev–Trinajstić information content (AvgIpc) is 2.78. The van der Waals surface area contributed by atoms with Gasteiger partial charge in [0.15, 0.2) is 0 Å². The SMILES string of the molecule is C=CC(=O)N1CC(OCc2ccc([C@H](C)Nc3ncc4c(n3)N(CC)C(=O)OC4)cc2)C1. The molecule has 1 aromatic carbocycles. The van der Waals surface area contributed by atoms with Gasteiger partial charge in [-0.2, -0.15) is 4.98 Å². The van der Waals surface area contributed by atoms with Crippen LogP contribution in [-0.4, -0.2) is 52.6 Å². The highest BCUT2D eigenvalue weighted by Crippen LogP contribution is 2.26. The van der Waals surface area contributed by atoms with Crippen molar-refractivity contribution in [3.8, 4) is 0 Å². The predicted molar refractivity (Wildman–Crippen MR) is 119 cm³/mol. The number of carbonyl (C=O) groups excluding carboxylic acids is 2. The van der Waals surface area contributed by atoms with Gasteiger partial charge < -0.3 is 19.7 Å². The van der Waals surface area contributed by atoms with Crippen molar-refractivity contribution in [3.63, 3.8) is 0 Å². The van der Waals surface area contributed by atoms with Crippen LogP contribution in [0.3, 0.4) is 0 Å². The molecule has 0 unspecified atom stereocenters. The van der Waals surface area contributed by atoms with Crippen molar-refractivity contribution in [3.05, 3.63) is 59.8 Å². The number of hydrogen-bond donors (Lipinski definition) is 1. The maximum absolute atomic E-state index is 11.9. The molecular formula is C23H27N5O4. The van der Waals surface area contributed by atoms with Gasteiger partial charge in [-0.25, -0.2) is 9.78 Å². The lowest BCUT2D eigenvalue weighted by Gasteiger charge is -2.38. The van der Waals surface area contributed by atoms with E-state index in [-0.39, 0.29) is 24.7 Å². The van der Waals surface area contributed by atoms with Crippen molar-refractivity contribution >= 4 is 23.8 Å². The minimum absolute atomic E-state index is 0.0289. The zero-order chi connectivity index (χ0) is 22.7. The summed E-state index contributed by atoms with van der Waals surface area (Å²) >= 11 is 0. The number of nitrogens with one attached hydrogen (secondary N) is 1. The molecule has 4 rings (SSSR count). The Morgan fingerprint density at radius 3 is 2.81 bits per heavy atom. The van der Waals surface area contributed by atoms with Crippen LogP contribution in [0, 0.1) is 0 Å². The first-order valence-electron chi connectivity index (χ1n) is 10.7. The van der Waals surface area contributed by atoms with Crippen LogP contribution in [0.1, 0.15) is 36.6 Å². The monoisotopic (exact) mass is 437 g/mol. The second kappa shape index (κ2) is 9.35. The lowest BCUT2D eigenvalue weighted by molar-refractivity contribution is -0.140. The van der Waals surface area contributed by atoms with Gasteiger partial charge in [0, 0.05) is 25.8 Å². The number of cyclic esters (lactones) is 1. The Labute approximate surface area is 187 Å². The summed E-state index contributed by atoms with van der Waals surface area (Å²) in [5.74, 6) is 0.992. The molecule has 32 heavy (non-hydrogen) atoms. The number of aromatic nitrogens is 2. The number of hydrogen-bond acceptors (Lipinski definition) is 7. The number of likely N-dealkylation sites (tertiary alicyclic amines) is 1. The van der Waals surface area contributed by atoms with E-state index in [0.717, 1.165) is 16.7 Å². The van der Waals surface area contributed by atoms with E-state index in [1.165, 1.54) is 11.0 Å². The second-order valence-corrected chi connectivity index (χ2v) is 7.83. The minimum atomic E-state index is -0.391. The molecular weight excluding hydrogens is 410 g/mol. The van der Waals surface area contributed by atoms with Crippen LogP contribution in [-0.2, 0) is 27.5 Å². The zero-order valence-electron chi connectivity index (χ0n) is 18.3. The van der Waals surface area contributed by atoms with Crippen LogP contribution < -0.4 is 10.2 Å². The Hall–Kier alpha value is -3.46. The molecule has 2 aromatic rings. The van der Waals surface area contributed by atoms with Gasteiger partial charge in [-0.05, 0) is 31.1 Å². The number of carbonyl (C=O) groups is 2. The number of benzene rings is 1. The van der Waals surface area contributed by atoms with E-state index in [0.29, 0.717) is 38.0 Å². The summed E-state index contributed by atoms with van der Waals surface area (Å²) in [6.07, 6.45) is 2.70. The summed E-state index contributed by atoms with van der Waals surface area (Å²) < 4.78 is 11.0. The van der Waals surface area contributed by atoms with Crippen molar-refractivity contribution < 1.29 is 19.1 Å². The lowest BCUT2D eigenvalue weighted by Crippen LogP contribution is -2.54. The van der Waals surface area contributed by atoms with Gasteiger partial charge in [-0.3, -0.25) is 9.69 Å². The second-order valence-electron chi connectivity index (χ2n) is 7.83. The summed E-state index contributed by atoms with van der Waals surface area (Å²) in [4.78, 5) is 35.5. The molecule has 0 aliphatic carbocycles. The molecule has 2 aliphatic rings. The summed E-state index contributed by atoms with van der Waals surface area (Å²) in [6, 6.07) is 8.11. The molecule has 2 amide bonds. The van der Waals surface area contributed by atoms with Crippen LogP contribution >= 0.6 is 0 Å². The highest BCUT2D eigenvalue weighted by Gasteiger charge is 2.30. The number of anilines is 2. The molecule has 0 spiro atoms. The number of nitrogens with zero attached hydrogens (tertiary/aromatic N) is 4. The van der Waals surface area contributed by atoms with Crippen LogP contribution in [0.15, 0.2) is 43.1 Å². The fourth-order valence-electron chi connectivity index (χ4n) is 3.63. The molecule has 1 fully saturated rings. The van der Waals surface area contributed by atoms with Crippen LogP contribution in [0.2, 0.25) is 0 Å². The average molecular weight is 438 g/mol. The molecule has 0 bridgehead atoms. The standard InChI is InChI=1S/C23H27N5O4/c1-4-20(29)27-11-19(12-27)31-13-16-6-8-17(9-7-16)15(3)25-22-24-10-18-14-32-23(30)28(5-2)21(18)26-22/h4,6-10,15,19H,1,5,11-14H2,2-3H3,(H,24,25,26)/t15-/m0/s1. The Bertz CT molecular complexity index is 1000. The number of amides is 2. The Morgan fingerprint density at radius 2 is 2.12 bits per heavy atom. The lowest BCUT2D eigenvalue weighted by atomic mass is 10.1. The largest absolute Gasteiger partial charge is 0.444 e. The molecule has 1 aromatic heterocycles. The topological polar surface area (TPSA) is 96.9 Å². The van der Waals surface area contributed by atoms with Gasteiger partial charge in [0.1, 0.15) is 12.4 Å². The maximum Gasteiger partial charge on any atom is 0.415 e. The summed E-state index contributed by atoms with van der Waals surface area (Å²) in [6.45, 7) is 9.78. The van der Waals surface area contributed by atoms with Gasteiger partial charge in [-0.15, -0.1) is 0 Å². The van der Waals surface area contributed by atoms with Crippen molar-refractivity contribution in [1.82, 2.24) is 14.9 Å². The van der Waals surface area contributed by atoms with Crippen molar-refractivity contribution in [2.24, 2.45) is 0 Å². The van der Waals surface area contributed by atoms with Gasteiger partial charge in [0.25, 0.3) is 0 Å². The van der Waals surface area contributed by atoms with Gasteiger partial charge in [-0.1, -0.05) is 30.8 Å². The first-order valence-corrected chi connectivity index (χ1v) is 10.7. The first-order chi connectivity index (χ1) is 15.5. The van der Waals surface area contributed by atoms with Crippen molar-refractivity contribution in [2.75, 3.05) is 29.9 Å². The third-order valence-electron chi connectivity index (χ3n) is 5.63. The molecule has 1 atom stereocenters. The van der Waals surface area contributed by atoms with Crippen LogP contribution in [0.25, 0.3) is 0 Å². The molecule has 3 heterocycles. The van der Waals surface area contributed by atoms with Crippen LogP contribution in [0.5, 0.6) is 0 Å². The van der Waals surface area contributed by atoms with Crippen molar-refractivity contribution in [1.29, 1.82) is 0 Å². The van der Waals surface area contributed by atoms with Crippen LogP contribution in [0.4, 0.5) is 16.6 Å². The molecule has 9 heteroatoms. The molecule has 0 radical (unpaired) electrons. The van der Waals surface area contributed by atoms with E-state index in [2.05, 4.69) is 21.9 Å². The summed E-state index contributed by atoms with van der Waals surface area (Å²) in [5, 5.41) is 3.30. The molecule has 0 saturated carbocycles. The number of rotatable bonds is 8. The molecule has 168 valence electrons. The van der Waals surface area contributed by atoms with E-state index < -0.39 is 6.09 Å².